The van der Waals surface area contributed by atoms with Crippen LogP contribution in [0.3, 0.4) is 0 Å². The minimum Gasteiger partial charge on any atom is -0.489 e. The second kappa shape index (κ2) is 20.0. The van der Waals surface area contributed by atoms with Crippen molar-refractivity contribution in [3.8, 4) is 28.7 Å². The summed E-state index contributed by atoms with van der Waals surface area (Å²) in [6, 6.07) is 41.3. The highest BCUT2D eigenvalue weighted by Gasteiger charge is 2.40. The van der Waals surface area contributed by atoms with E-state index in [2.05, 4.69) is 23.2 Å². The number of amides is 2. The van der Waals surface area contributed by atoms with Gasteiger partial charge >= 0.3 is 5.97 Å². The Morgan fingerprint density at radius 3 is 2.19 bits per heavy atom. The van der Waals surface area contributed by atoms with Crippen molar-refractivity contribution < 1.29 is 29.0 Å². The van der Waals surface area contributed by atoms with Crippen molar-refractivity contribution in [1.82, 2.24) is 10.2 Å². The first kappa shape index (κ1) is 45.7. The van der Waals surface area contributed by atoms with Crippen LogP contribution in [0.2, 0.25) is 10.0 Å². The molecule has 0 saturated heterocycles. The van der Waals surface area contributed by atoms with Crippen molar-refractivity contribution in [1.29, 1.82) is 5.26 Å². The fourth-order valence-corrected chi connectivity index (χ4v) is 8.70. The van der Waals surface area contributed by atoms with Gasteiger partial charge in [0.2, 0.25) is 12.0 Å². The molecule has 0 aromatic heterocycles. The quantitative estimate of drug-likeness (QED) is 0.117. The van der Waals surface area contributed by atoms with Gasteiger partial charge in [0.25, 0.3) is 5.91 Å². The summed E-state index contributed by atoms with van der Waals surface area (Å²) in [6.07, 6.45) is 0.181. The van der Waals surface area contributed by atoms with E-state index in [0.29, 0.717) is 57.7 Å². The minimum absolute atomic E-state index is 0. The second-order valence-electron chi connectivity index (χ2n) is 15.8. The lowest BCUT2D eigenvalue weighted by Gasteiger charge is -2.42. The van der Waals surface area contributed by atoms with Gasteiger partial charge in [-0.2, -0.15) is 5.26 Å². The number of carbonyl (C=O) groups excluding carboxylic acids is 2. The molecule has 326 valence electrons. The number of anilines is 1. The number of aliphatic carboxylic acids is 1. The Hall–Kier alpha value is -6.35. The normalized spacial score (nSPS) is 16.5. The number of fused-ring (bicyclic) bond motifs is 2. The maximum absolute atomic E-state index is 14.5. The fraction of sp³-hybridized carbons (Fsp3) is 0.216. The maximum atomic E-state index is 14.5. The minimum atomic E-state index is -1.18. The second-order valence-corrected chi connectivity index (χ2v) is 16.6. The van der Waals surface area contributed by atoms with Gasteiger partial charge in [0, 0.05) is 31.6 Å². The molecule has 2 aliphatic heterocycles. The Morgan fingerprint density at radius 2 is 1.55 bits per heavy atom. The van der Waals surface area contributed by atoms with Gasteiger partial charge in [0.1, 0.15) is 24.1 Å². The van der Waals surface area contributed by atoms with E-state index in [-0.39, 0.29) is 43.3 Å². The summed E-state index contributed by atoms with van der Waals surface area (Å²) in [4.78, 5) is 44.8. The van der Waals surface area contributed by atoms with E-state index in [1.165, 1.54) is 0 Å². The molecule has 2 unspecified atom stereocenters. The number of ether oxygens (including phenoxy) is 2. The van der Waals surface area contributed by atoms with Crippen molar-refractivity contribution >= 4 is 59.1 Å². The number of hydrogen-bond donors (Lipinski definition) is 2. The molecule has 0 radical (unpaired) electrons. The molecular weight excluding hydrogens is 871 g/mol. The molecule has 2 heterocycles. The summed E-state index contributed by atoms with van der Waals surface area (Å²) in [6.45, 7) is 2.75. The van der Waals surface area contributed by atoms with E-state index in [1.54, 1.807) is 48.3 Å². The van der Waals surface area contributed by atoms with Crippen molar-refractivity contribution in [2.75, 3.05) is 11.9 Å². The number of nitrogens with one attached hydrogen (secondary N) is 1. The van der Waals surface area contributed by atoms with Crippen LogP contribution in [0.5, 0.6) is 11.5 Å². The lowest BCUT2D eigenvalue weighted by molar-refractivity contribution is -0.143. The molecule has 4 atom stereocenters. The number of rotatable bonds is 13. The highest BCUT2D eigenvalue weighted by molar-refractivity contribution is 6.42. The van der Waals surface area contributed by atoms with Gasteiger partial charge in [-0.05, 0) is 100 Å². The molecule has 6 aromatic rings. The number of benzene rings is 6. The van der Waals surface area contributed by atoms with Gasteiger partial charge in [0.05, 0.1) is 33.4 Å². The zero-order valence-electron chi connectivity index (χ0n) is 35.0. The van der Waals surface area contributed by atoms with Crippen molar-refractivity contribution in [2.45, 2.75) is 63.6 Å². The molecule has 13 heteroatoms. The van der Waals surface area contributed by atoms with Crippen LogP contribution in [0.25, 0.3) is 11.1 Å². The third-order valence-corrected chi connectivity index (χ3v) is 12.5. The molecule has 64 heavy (non-hydrogen) atoms. The van der Waals surface area contributed by atoms with Crippen LogP contribution in [-0.2, 0) is 40.4 Å². The molecular formula is C51H45Cl3N4O6. The summed E-state index contributed by atoms with van der Waals surface area (Å²) in [5, 5.41) is 23.4. The topological polar surface area (TPSA) is 132 Å². The highest BCUT2D eigenvalue weighted by Crippen LogP contribution is 2.43. The standard InChI is InChI=1S/C51H44Cl2N4O6.ClH/c1-3-44(36-7-5-4-6-8-36)57-29-39-27-47-45(56(2)50(59)48(63-47)37-18-20-40(21-19-37)62-30-33-13-22-41(52)42(53)23-33)25-38(39)26-46(57)49(58)55-43(51(60)61)24-31-9-14-34(15-10-31)35-16-11-32(28-54)12-17-35;/h4-23,25,27,43-44,46,48H,3,24,26,29-30H2,1-2H3,(H,55,58)(H,60,61);1H/t43?,44?,46-,48+;/m0./s1. The van der Waals surface area contributed by atoms with Crippen molar-refractivity contribution in [2.24, 2.45) is 0 Å². The lowest BCUT2D eigenvalue weighted by atomic mass is 9.88. The molecule has 0 fully saturated rings. The highest BCUT2D eigenvalue weighted by atomic mass is 35.5. The zero-order chi connectivity index (χ0) is 44.2. The number of likely N-dealkylation sites (N-methyl/N-ethyl adjacent to an activating group) is 1. The molecule has 2 aliphatic rings. The van der Waals surface area contributed by atoms with Crippen molar-refractivity contribution in [3.63, 3.8) is 0 Å². The van der Waals surface area contributed by atoms with E-state index in [0.717, 1.165) is 38.9 Å². The first-order valence-corrected chi connectivity index (χ1v) is 21.4. The van der Waals surface area contributed by atoms with Crippen LogP contribution in [0.4, 0.5) is 5.69 Å². The van der Waals surface area contributed by atoms with E-state index >= 15 is 0 Å². The predicted molar refractivity (Wildman–Crippen MR) is 250 cm³/mol. The van der Waals surface area contributed by atoms with Crippen LogP contribution in [-0.4, -0.2) is 46.9 Å². The van der Waals surface area contributed by atoms with Crippen LogP contribution < -0.4 is 19.7 Å². The Morgan fingerprint density at radius 1 is 0.875 bits per heavy atom. The number of hydrogen-bond acceptors (Lipinski definition) is 7. The smallest absolute Gasteiger partial charge is 0.326 e. The molecule has 2 N–H and O–H groups in total. The molecule has 6 aromatic carbocycles. The van der Waals surface area contributed by atoms with Crippen LogP contribution in [0.1, 0.15) is 64.4 Å². The summed E-state index contributed by atoms with van der Waals surface area (Å²) in [7, 11) is 1.72. The average Bonchev–Trinajstić information content (AvgIpc) is 3.30. The fourth-order valence-electron chi connectivity index (χ4n) is 8.38. The van der Waals surface area contributed by atoms with Crippen LogP contribution in [0, 0.1) is 11.3 Å². The number of carboxylic acids is 1. The van der Waals surface area contributed by atoms with Crippen molar-refractivity contribution in [3.05, 3.63) is 182 Å². The van der Waals surface area contributed by atoms with E-state index < -0.39 is 24.2 Å². The molecule has 0 spiro atoms. The first-order chi connectivity index (χ1) is 30.5. The Bertz CT molecular complexity index is 2690. The van der Waals surface area contributed by atoms with Crippen LogP contribution >= 0.6 is 35.6 Å². The molecule has 2 amide bonds. The number of nitrogens with zero attached hydrogens (tertiary/aromatic N) is 3. The monoisotopic (exact) mass is 914 g/mol. The lowest BCUT2D eigenvalue weighted by Crippen LogP contribution is -2.55. The third-order valence-electron chi connectivity index (χ3n) is 11.8. The molecule has 0 aliphatic carbocycles. The summed E-state index contributed by atoms with van der Waals surface area (Å²) < 4.78 is 12.5. The van der Waals surface area contributed by atoms with Gasteiger partial charge in [-0.25, -0.2) is 4.79 Å². The largest absolute Gasteiger partial charge is 0.489 e. The molecule has 8 rings (SSSR count). The number of nitriles is 1. The average molecular weight is 916 g/mol. The number of carbonyl (C=O) groups is 3. The first-order valence-electron chi connectivity index (χ1n) is 20.7. The Balaban J connectivity index is 0.00000612. The van der Waals surface area contributed by atoms with E-state index in [9.17, 15) is 19.5 Å². The van der Waals surface area contributed by atoms with E-state index in [4.69, 9.17) is 37.9 Å². The summed E-state index contributed by atoms with van der Waals surface area (Å²) in [5.74, 6) is -0.610. The molecule has 0 bridgehead atoms. The Kier molecular flexibility index (Phi) is 14.3. The number of halogens is 3. The van der Waals surface area contributed by atoms with Gasteiger partial charge in [-0.3, -0.25) is 14.5 Å². The summed E-state index contributed by atoms with van der Waals surface area (Å²) in [5.41, 5.74) is 8.18. The zero-order valence-corrected chi connectivity index (χ0v) is 37.4. The number of carboxylic acid groups (broad SMARTS) is 1. The molecule has 10 nitrogen and oxygen atoms in total. The molecule has 0 saturated carbocycles. The van der Waals surface area contributed by atoms with Gasteiger partial charge in [-0.15, -0.1) is 12.4 Å². The van der Waals surface area contributed by atoms with Gasteiger partial charge < -0.3 is 24.8 Å². The van der Waals surface area contributed by atoms with Crippen LogP contribution in [0.15, 0.2) is 133 Å². The Labute approximate surface area is 388 Å². The predicted octanol–water partition coefficient (Wildman–Crippen LogP) is 10.3. The maximum Gasteiger partial charge on any atom is 0.326 e. The van der Waals surface area contributed by atoms with E-state index in [1.807, 2.05) is 97.1 Å². The van der Waals surface area contributed by atoms with Gasteiger partial charge in [0.15, 0.2) is 0 Å². The summed E-state index contributed by atoms with van der Waals surface area (Å²) >= 11 is 12.2. The van der Waals surface area contributed by atoms with Gasteiger partial charge in [-0.1, -0.05) is 115 Å². The third kappa shape index (κ3) is 9.89. The SMILES string of the molecule is CCC(c1ccccc1)N1Cc2cc3c(cc2C[C@H]1C(=O)NC(Cc1ccc(-c2ccc(C#N)cc2)cc1)C(=O)O)N(C)C(=O)[C@@H](c1ccc(OCc2ccc(Cl)c(Cl)c2)cc1)O3.Cl.